The van der Waals surface area contributed by atoms with E-state index in [1.165, 1.54) is 16.3 Å². The van der Waals surface area contributed by atoms with Crippen LogP contribution in [0.1, 0.15) is 24.2 Å². The Bertz CT molecular complexity index is 732. The zero-order valence-electron chi connectivity index (χ0n) is 11.9. The van der Waals surface area contributed by atoms with E-state index >= 15 is 0 Å². The molecule has 1 aromatic heterocycles. The molecule has 1 unspecified atom stereocenters. The molecule has 1 N–H and O–H groups in total. The van der Waals surface area contributed by atoms with Gasteiger partial charge in [-0.15, -0.1) is 0 Å². The lowest BCUT2D eigenvalue weighted by atomic mass is 10.00. The maximum atomic E-state index is 4.40. The SMILES string of the molecule is CC(NCc1ccc(Br)cn1)c1cccc2ccccc12. The summed E-state index contributed by atoms with van der Waals surface area (Å²) < 4.78 is 1.01. The van der Waals surface area contributed by atoms with E-state index in [0.29, 0.717) is 0 Å². The largest absolute Gasteiger partial charge is 0.305 e. The predicted molar refractivity (Wildman–Crippen MR) is 91.1 cm³/mol. The van der Waals surface area contributed by atoms with Crippen LogP contribution in [0.2, 0.25) is 0 Å². The normalized spacial score (nSPS) is 12.5. The molecule has 21 heavy (non-hydrogen) atoms. The summed E-state index contributed by atoms with van der Waals surface area (Å²) in [5.41, 5.74) is 2.37. The van der Waals surface area contributed by atoms with Crippen LogP contribution in [0.5, 0.6) is 0 Å². The van der Waals surface area contributed by atoms with Crippen molar-refractivity contribution in [3.8, 4) is 0 Å². The highest BCUT2D eigenvalue weighted by atomic mass is 79.9. The molecule has 3 rings (SSSR count). The van der Waals surface area contributed by atoms with E-state index in [-0.39, 0.29) is 6.04 Å². The Labute approximate surface area is 133 Å². The third-order valence-electron chi connectivity index (χ3n) is 3.67. The van der Waals surface area contributed by atoms with Gasteiger partial charge in [0.25, 0.3) is 0 Å². The Hall–Kier alpha value is -1.71. The predicted octanol–water partition coefficient (Wildman–Crippen LogP) is 4.85. The number of aromatic nitrogens is 1. The van der Waals surface area contributed by atoms with Gasteiger partial charge in [0.15, 0.2) is 0 Å². The number of hydrogen-bond acceptors (Lipinski definition) is 2. The molecule has 0 spiro atoms. The number of nitrogens with zero attached hydrogens (tertiary/aromatic N) is 1. The summed E-state index contributed by atoms with van der Waals surface area (Å²) in [4.78, 5) is 4.40. The summed E-state index contributed by atoms with van der Waals surface area (Å²) in [6.45, 7) is 2.96. The van der Waals surface area contributed by atoms with Crippen molar-refractivity contribution < 1.29 is 0 Å². The number of pyridine rings is 1. The van der Waals surface area contributed by atoms with Crippen LogP contribution in [-0.2, 0) is 6.54 Å². The topological polar surface area (TPSA) is 24.9 Å². The minimum atomic E-state index is 0.279. The van der Waals surface area contributed by atoms with Gasteiger partial charge in [-0.25, -0.2) is 0 Å². The van der Waals surface area contributed by atoms with Crippen LogP contribution in [0.15, 0.2) is 65.3 Å². The highest BCUT2D eigenvalue weighted by Crippen LogP contribution is 2.24. The average molecular weight is 341 g/mol. The number of nitrogens with one attached hydrogen (secondary N) is 1. The Morgan fingerprint density at radius 3 is 2.67 bits per heavy atom. The van der Waals surface area contributed by atoms with E-state index in [9.17, 15) is 0 Å². The number of benzene rings is 2. The molecule has 0 fully saturated rings. The van der Waals surface area contributed by atoms with E-state index in [0.717, 1.165) is 16.7 Å². The standard InChI is InChI=1S/C18H17BrN2/c1-13(20-12-16-10-9-15(19)11-21-16)17-8-4-6-14-5-2-3-7-18(14)17/h2-11,13,20H,12H2,1H3. The average Bonchev–Trinajstić information content (AvgIpc) is 2.53. The second kappa shape index (κ2) is 6.37. The molecule has 0 bridgehead atoms. The molecule has 0 radical (unpaired) electrons. The molecule has 0 amide bonds. The highest BCUT2D eigenvalue weighted by molar-refractivity contribution is 9.10. The smallest absolute Gasteiger partial charge is 0.0542 e. The molecule has 0 saturated heterocycles. The van der Waals surface area contributed by atoms with Crippen molar-refractivity contribution in [3.05, 3.63) is 76.5 Å². The molecule has 0 saturated carbocycles. The first-order valence-electron chi connectivity index (χ1n) is 7.05. The third-order valence-corrected chi connectivity index (χ3v) is 4.14. The zero-order valence-corrected chi connectivity index (χ0v) is 13.5. The molecule has 1 atom stereocenters. The van der Waals surface area contributed by atoms with Crippen molar-refractivity contribution in [2.24, 2.45) is 0 Å². The van der Waals surface area contributed by atoms with E-state index in [4.69, 9.17) is 0 Å². The number of halogens is 1. The summed E-state index contributed by atoms with van der Waals surface area (Å²) in [5.74, 6) is 0. The van der Waals surface area contributed by atoms with E-state index in [1.54, 1.807) is 0 Å². The summed E-state index contributed by atoms with van der Waals surface area (Å²) >= 11 is 3.41. The molecule has 2 nitrogen and oxygen atoms in total. The monoisotopic (exact) mass is 340 g/mol. The molecule has 0 aliphatic heterocycles. The Morgan fingerprint density at radius 2 is 1.86 bits per heavy atom. The fraction of sp³-hybridized carbons (Fsp3) is 0.167. The zero-order chi connectivity index (χ0) is 14.7. The second-order valence-electron chi connectivity index (χ2n) is 5.14. The van der Waals surface area contributed by atoms with Crippen LogP contribution in [-0.4, -0.2) is 4.98 Å². The van der Waals surface area contributed by atoms with Crippen LogP contribution in [0, 0.1) is 0 Å². The Balaban J connectivity index is 1.78. The third kappa shape index (κ3) is 3.31. The van der Waals surface area contributed by atoms with E-state index in [2.05, 4.69) is 75.6 Å². The molecule has 2 aromatic carbocycles. The van der Waals surface area contributed by atoms with E-state index in [1.807, 2.05) is 18.3 Å². The first-order chi connectivity index (χ1) is 10.2. The number of rotatable bonds is 4. The number of fused-ring (bicyclic) bond motifs is 1. The molecular formula is C18H17BrN2. The van der Waals surface area contributed by atoms with Crippen LogP contribution < -0.4 is 5.32 Å². The molecule has 3 heteroatoms. The van der Waals surface area contributed by atoms with E-state index < -0.39 is 0 Å². The van der Waals surface area contributed by atoms with Gasteiger partial charge >= 0.3 is 0 Å². The maximum Gasteiger partial charge on any atom is 0.0542 e. The molecule has 0 aliphatic rings. The quantitative estimate of drug-likeness (QED) is 0.734. The van der Waals surface area contributed by atoms with Crippen molar-refractivity contribution in [1.29, 1.82) is 0 Å². The summed E-state index contributed by atoms with van der Waals surface area (Å²) in [5, 5.41) is 6.14. The molecule has 0 aliphatic carbocycles. The van der Waals surface area contributed by atoms with Crippen molar-refractivity contribution in [3.63, 3.8) is 0 Å². The molecule has 106 valence electrons. The van der Waals surface area contributed by atoms with Gasteiger partial charge in [0.1, 0.15) is 0 Å². The fourth-order valence-electron chi connectivity index (χ4n) is 2.51. The Kier molecular flexibility index (Phi) is 4.32. The van der Waals surface area contributed by atoms with Crippen LogP contribution in [0.25, 0.3) is 10.8 Å². The van der Waals surface area contributed by atoms with Crippen LogP contribution in [0.3, 0.4) is 0 Å². The fourth-order valence-corrected chi connectivity index (χ4v) is 2.74. The van der Waals surface area contributed by atoms with Gasteiger partial charge in [0.05, 0.1) is 5.69 Å². The van der Waals surface area contributed by atoms with Gasteiger partial charge in [0, 0.05) is 23.3 Å². The van der Waals surface area contributed by atoms with Gasteiger partial charge < -0.3 is 5.32 Å². The van der Waals surface area contributed by atoms with Crippen LogP contribution >= 0.6 is 15.9 Å². The first kappa shape index (κ1) is 14.2. The molecule has 1 heterocycles. The lowest BCUT2D eigenvalue weighted by Crippen LogP contribution is -2.18. The molecular weight excluding hydrogens is 324 g/mol. The highest BCUT2D eigenvalue weighted by Gasteiger charge is 2.08. The Morgan fingerprint density at radius 1 is 1.05 bits per heavy atom. The van der Waals surface area contributed by atoms with Crippen LogP contribution in [0.4, 0.5) is 0 Å². The lowest BCUT2D eigenvalue weighted by Gasteiger charge is -2.16. The summed E-state index contributed by atoms with van der Waals surface area (Å²) in [6, 6.07) is 19.3. The van der Waals surface area contributed by atoms with Crippen molar-refractivity contribution in [2.45, 2.75) is 19.5 Å². The molecule has 3 aromatic rings. The second-order valence-corrected chi connectivity index (χ2v) is 6.05. The van der Waals surface area contributed by atoms with Crippen molar-refractivity contribution in [1.82, 2.24) is 10.3 Å². The summed E-state index contributed by atoms with van der Waals surface area (Å²) in [6.07, 6.45) is 1.83. The number of hydrogen-bond donors (Lipinski definition) is 1. The van der Waals surface area contributed by atoms with Crippen molar-refractivity contribution >= 4 is 26.7 Å². The van der Waals surface area contributed by atoms with Gasteiger partial charge in [-0.2, -0.15) is 0 Å². The van der Waals surface area contributed by atoms with Gasteiger partial charge in [-0.1, -0.05) is 42.5 Å². The minimum absolute atomic E-state index is 0.279. The van der Waals surface area contributed by atoms with Crippen molar-refractivity contribution in [2.75, 3.05) is 0 Å². The van der Waals surface area contributed by atoms with Gasteiger partial charge in [-0.3, -0.25) is 4.98 Å². The lowest BCUT2D eigenvalue weighted by molar-refractivity contribution is 0.571. The maximum absolute atomic E-state index is 4.40. The summed E-state index contributed by atoms with van der Waals surface area (Å²) in [7, 11) is 0. The van der Waals surface area contributed by atoms with Gasteiger partial charge in [-0.05, 0) is 51.3 Å². The first-order valence-corrected chi connectivity index (χ1v) is 7.85. The van der Waals surface area contributed by atoms with Gasteiger partial charge in [0.2, 0.25) is 0 Å². The minimum Gasteiger partial charge on any atom is -0.305 e.